The van der Waals surface area contributed by atoms with Gasteiger partial charge in [0.05, 0.1) is 25.6 Å². The number of unbranched alkanes of at least 4 members (excludes halogenated alkanes) is 2. The standard InChI is InChI=1S/C23H34N2O3/c1-4-6-7-13-26-14-8-15-27-22-16-24-23(25-17-22)20-9-11-21(12-10-20)28-18-19(3)5-2/h9-12,16-17,19H,4-8,13-15,18H2,1-3H3. The first-order valence-electron chi connectivity index (χ1n) is 10.5. The van der Waals surface area contributed by atoms with Gasteiger partial charge in [0, 0.05) is 25.2 Å². The number of hydrogen-bond donors (Lipinski definition) is 0. The number of hydrogen-bond acceptors (Lipinski definition) is 5. The molecule has 0 bridgehead atoms. The molecule has 5 nitrogen and oxygen atoms in total. The van der Waals surface area contributed by atoms with E-state index < -0.39 is 0 Å². The van der Waals surface area contributed by atoms with Crippen LogP contribution in [0.15, 0.2) is 36.7 Å². The van der Waals surface area contributed by atoms with Gasteiger partial charge in [0.2, 0.25) is 0 Å². The molecule has 1 unspecified atom stereocenters. The Bertz CT molecular complexity index is 644. The molecule has 0 spiro atoms. The molecular weight excluding hydrogens is 352 g/mol. The van der Waals surface area contributed by atoms with Crippen LogP contribution < -0.4 is 9.47 Å². The molecule has 0 aliphatic carbocycles. The Kier molecular flexibility index (Phi) is 10.4. The Balaban J connectivity index is 1.71. The summed E-state index contributed by atoms with van der Waals surface area (Å²) >= 11 is 0. The van der Waals surface area contributed by atoms with Crippen molar-refractivity contribution in [2.24, 2.45) is 5.92 Å². The van der Waals surface area contributed by atoms with Crippen LogP contribution >= 0.6 is 0 Å². The fourth-order valence-electron chi connectivity index (χ4n) is 2.50. The van der Waals surface area contributed by atoms with Gasteiger partial charge >= 0.3 is 0 Å². The number of ether oxygens (including phenoxy) is 3. The van der Waals surface area contributed by atoms with E-state index in [9.17, 15) is 0 Å². The van der Waals surface area contributed by atoms with Crippen LogP contribution in [-0.2, 0) is 4.74 Å². The summed E-state index contributed by atoms with van der Waals surface area (Å²) < 4.78 is 17.0. The molecule has 28 heavy (non-hydrogen) atoms. The van der Waals surface area contributed by atoms with E-state index >= 15 is 0 Å². The van der Waals surface area contributed by atoms with Gasteiger partial charge < -0.3 is 14.2 Å². The maximum atomic E-state index is 5.79. The molecule has 1 atom stereocenters. The molecule has 0 saturated heterocycles. The highest BCUT2D eigenvalue weighted by Crippen LogP contribution is 2.21. The van der Waals surface area contributed by atoms with Crippen molar-refractivity contribution in [3.05, 3.63) is 36.7 Å². The SMILES string of the molecule is CCCCCOCCCOc1cnc(-c2ccc(OCC(C)CC)cc2)nc1. The second kappa shape index (κ2) is 13.1. The highest BCUT2D eigenvalue weighted by atomic mass is 16.5. The Labute approximate surface area is 169 Å². The van der Waals surface area contributed by atoms with Crippen molar-refractivity contribution in [1.82, 2.24) is 9.97 Å². The maximum Gasteiger partial charge on any atom is 0.159 e. The maximum absolute atomic E-state index is 5.79. The van der Waals surface area contributed by atoms with Gasteiger partial charge in [0.15, 0.2) is 11.6 Å². The third kappa shape index (κ3) is 8.26. The largest absolute Gasteiger partial charge is 0.493 e. The van der Waals surface area contributed by atoms with E-state index in [1.54, 1.807) is 12.4 Å². The molecule has 0 saturated carbocycles. The van der Waals surface area contributed by atoms with Gasteiger partial charge in [0.1, 0.15) is 5.75 Å². The normalized spacial score (nSPS) is 12.0. The molecule has 2 aromatic rings. The van der Waals surface area contributed by atoms with Gasteiger partial charge in [0.25, 0.3) is 0 Å². The summed E-state index contributed by atoms with van der Waals surface area (Å²) in [5.74, 6) is 2.80. The summed E-state index contributed by atoms with van der Waals surface area (Å²) in [5, 5.41) is 0. The third-order valence-electron chi connectivity index (χ3n) is 4.57. The smallest absolute Gasteiger partial charge is 0.159 e. The zero-order valence-corrected chi connectivity index (χ0v) is 17.5. The number of rotatable bonds is 14. The lowest BCUT2D eigenvalue weighted by molar-refractivity contribution is 0.116. The molecule has 1 aromatic heterocycles. The summed E-state index contributed by atoms with van der Waals surface area (Å²) in [7, 11) is 0. The number of benzene rings is 1. The van der Waals surface area contributed by atoms with Crippen LogP contribution in [0.1, 0.15) is 52.9 Å². The molecule has 2 rings (SSSR count). The zero-order valence-electron chi connectivity index (χ0n) is 17.5. The average molecular weight is 387 g/mol. The van der Waals surface area contributed by atoms with Crippen molar-refractivity contribution < 1.29 is 14.2 Å². The Morgan fingerprint density at radius 1 is 0.821 bits per heavy atom. The molecule has 0 amide bonds. The van der Waals surface area contributed by atoms with Crippen molar-refractivity contribution >= 4 is 0 Å². The molecule has 0 radical (unpaired) electrons. The second-order valence-electron chi connectivity index (χ2n) is 7.11. The van der Waals surface area contributed by atoms with Gasteiger partial charge in [-0.1, -0.05) is 40.0 Å². The second-order valence-corrected chi connectivity index (χ2v) is 7.11. The minimum absolute atomic E-state index is 0.558. The molecule has 1 aromatic carbocycles. The van der Waals surface area contributed by atoms with E-state index in [0.29, 0.717) is 24.1 Å². The fraction of sp³-hybridized carbons (Fsp3) is 0.565. The van der Waals surface area contributed by atoms with Crippen LogP contribution in [-0.4, -0.2) is 36.4 Å². The predicted molar refractivity (Wildman–Crippen MR) is 113 cm³/mol. The van der Waals surface area contributed by atoms with Crippen LogP contribution in [0.4, 0.5) is 0 Å². The first-order chi connectivity index (χ1) is 13.7. The van der Waals surface area contributed by atoms with Gasteiger partial charge in [-0.05, 0) is 36.6 Å². The van der Waals surface area contributed by atoms with Gasteiger partial charge in [-0.2, -0.15) is 0 Å². The topological polar surface area (TPSA) is 53.5 Å². The van der Waals surface area contributed by atoms with E-state index in [2.05, 4.69) is 30.7 Å². The van der Waals surface area contributed by atoms with Crippen molar-refractivity contribution in [2.45, 2.75) is 52.9 Å². The van der Waals surface area contributed by atoms with Crippen LogP contribution in [0, 0.1) is 5.92 Å². The summed E-state index contributed by atoms with van der Waals surface area (Å²) in [5.41, 5.74) is 0.961. The van der Waals surface area contributed by atoms with Gasteiger partial charge in [-0.3, -0.25) is 0 Å². The van der Waals surface area contributed by atoms with E-state index in [-0.39, 0.29) is 0 Å². The molecule has 0 N–H and O–H groups in total. The van der Waals surface area contributed by atoms with E-state index in [4.69, 9.17) is 14.2 Å². The Morgan fingerprint density at radius 2 is 1.54 bits per heavy atom. The molecule has 0 aliphatic heterocycles. The van der Waals surface area contributed by atoms with Gasteiger partial charge in [-0.15, -0.1) is 0 Å². The summed E-state index contributed by atoms with van der Waals surface area (Å²) in [6.07, 6.45) is 9.01. The molecule has 5 heteroatoms. The van der Waals surface area contributed by atoms with Crippen molar-refractivity contribution in [1.29, 1.82) is 0 Å². The monoisotopic (exact) mass is 386 g/mol. The van der Waals surface area contributed by atoms with E-state index in [1.807, 2.05) is 24.3 Å². The summed E-state index contributed by atoms with van der Waals surface area (Å²) in [6, 6.07) is 7.90. The van der Waals surface area contributed by atoms with Crippen molar-refractivity contribution in [3.63, 3.8) is 0 Å². The number of aromatic nitrogens is 2. The Morgan fingerprint density at radius 3 is 2.21 bits per heavy atom. The van der Waals surface area contributed by atoms with E-state index in [0.717, 1.165) is 50.4 Å². The lowest BCUT2D eigenvalue weighted by Crippen LogP contribution is -2.07. The average Bonchev–Trinajstić information content (AvgIpc) is 2.74. The summed E-state index contributed by atoms with van der Waals surface area (Å²) in [4.78, 5) is 8.81. The van der Waals surface area contributed by atoms with Crippen LogP contribution in [0.3, 0.4) is 0 Å². The Hall–Kier alpha value is -2.14. The highest BCUT2D eigenvalue weighted by molar-refractivity contribution is 5.56. The van der Waals surface area contributed by atoms with Crippen LogP contribution in [0.5, 0.6) is 11.5 Å². The van der Waals surface area contributed by atoms with E-state index in [1.165, 1.54) is 12.8 Å². The van der Waals surface area contributed by atoms with Crippen LogP contribution in [0.25, 0.3) is 11.4 Å². The molecule has 0 aliphatic rings. The minimum atomic E-state index is 0.558. The van der Waals surface area contributed by atoms with Gasteiger partial charge in [-0.25, -0.2) is 9.97 Å². The fourth-order valence-corrected chi connectivity index (χ4v) is 2.50. The van der Waals surface area contributed by atoms with Crippen molar-refractivity contribution in [3.8, 4) is 22.9 Å². The zero-order chi connectivity index (χ0) is 20.0. The lowest BCUT2D eigenvalue weighted by atomic mass is 10.1. The molecular formula is C23H34N2O3. The first kappa shape index (κ1) is 22.2. The van der Waals surface area contributed by atoms with Crippen molar-refractivity contribution in [2.75, 3.05) is 26.4 Å². The molecule has 154 valence electrons. The molecule has 1 heterocycles. The minimum Gasteiger partial charge on any atom is -0.493 e. The molecule has 0 fully saturated rings. The number of nitrogens with zero attached hydrogens (tertiary/aromatic N) is 2. The highest BCUT2D eigenvalue weighted by Gasteiger charge is 2.04. The lowest BCUT2D eigenvalue weighted by Gasteiger charge is -2.11. The first-order valence-corrected chi connectivity index (χ1v) is 10.5. The van der Waals surface area contributed by atoms with Crippen LogP contribution in [0.2, 0.25) is 0 Å². The predicted octanol–water partition coefficient (Wildman–Crippen LogP) is 5.54. The summed E-state index contributed by atoms with van der Waals surface area (Å²) in [6.45, 7) is 9.47. The third-order valence-corrected chi connectivity index (χ3v) is 4.57. The quantitative estimate of drug-likeness (QED) is 0.399.